The zero-order chi connectivity index (χ0) is 10.7. The van der Waals surface area contributed by atoms with Crippen LogP contribution in [0.2, 0.25) is 0 Å². The van der Waals surface area contributed by atoms with E-state index in [9.17, 15) is 4.79 Å². The zero-order valence-electron chi connectivity index (χ0n) is 10.00. The van der Waals surface area contributed by atoms with E-state index in [1.165, 1.54) is 32.1 Å². The summed E-state index contributed by atoms with van der Waals surface area (Å²) in [6.07, 6.45) is 7.12. The molecule has 0 aromatic rings. The minimum atomic E-state index is 0. The van der Waals surface area contributed by atoms with Crippen molar-refractivity contribution in [1.29, 1.82) is 0 Å². The minimum Gasteiger partial charge on any atom is -0.352 e. The molecule has 3 atom stereocenters. The SMILES string of the molecule is CCCC1CC1NC(=O)[C@@H]1CCCCN1.Cl. The van der Waals surface area contributed by atoms with Gasteiger partial charge >= 0.3 is 0 Å². The van der Waals surface area contributed by atoms with Crippen LogP contribution in [0.4, 0.5) is 0 Å². The van der Waals surface area contributed by atoms with Gasteiger partial charge in [-0.05, 0) is 38.1 Å². The number of hydrogen-bond donors (Lipinski definition) is 2. The lowest BCUT2D eigenvalue weighted by Crippen LogP contribution is -2.47. The van der Waals surface area contributed by atoms with Gasteiger partial charge in [-0.2, -0.15) is 0 Å². The first-order valence-corrected chi connectivity index (χ1v) is 6.35. The Bertz CT molecular complexity index is 229. The highest BCUT2D eigenvalue weighted by Crippen LogP contribution is 2.34. The summed E-state index contributed by atoms with van der Waals surface area (Å²) in [5.74, 6) is 1.00. The fourth-order valence-corrected chi connectivity index (χ4v) is 2.47. The maximum absolute atomic E-state index is 11.8. The van der Waals surface area contributed by atoms with E-state index in [0.717, 1.165) is 18.9 Å². The van der Waals surface area contributed by atoms with E-state index in [4.69, 9.17) is 0 Å². The molecule has 94 valence electrons. The van der Waals surface area contributed by atoms with Gasteiger partial charge < -0.3 is 10.6 Å². The number of hydrogen-bond acceptors (Lipinski definition) is 2. The van der Waals surface area contributed by atoms with Crippen LogP contribution < -0.4 is 10.6 Å². The van der Waals surface area contributed by atoms with Crippen LogP contribution in [0.5, 0.6) is 0 Å². The Morgan fingerprint density at radius 3 is 2.88 bits per heavy atom. The first-order chi connectivity index (χ1) is 7.31. The van der Waals surface area contributed by atoms with Crippen molar-refractivity contribution in [1.82, 2.24) is 10.6 Å². The number of carbonyl (C=O) groups is 1. The summed E-state index contributed by atoms with van der Waals surface area (Å²) in [6.45, 7) is 3.21. The molecule has 2 N–H and O–H groups in total. The van der Waals surface area contributed by atoms with Gasteiger partial charge in [0.25, 0.3) is 0 Å². The molecule has 0 radical (unpaired) electrons. The van der Waals surface area contributed by atoms with Crippen molar-refractivity contribution in [2.45, 2.75) is 57.5 Å². The quantitative estimate of drug-likeness (QED) is 0.795. The van der Waals surface area contributed by atoms with Gasteiger partial charge in [0, 0.05) is 6.04 Å². The van der Waals surface area contributed by atoms with Crippen molar-refractivity contribution in [3.8, 4) is 0 Å². The summed E-state index contributed by atoms with van der Waals surface area (Å²) >= 11 is 0. The fraction of sp³-hybridized carbons (Fsp3) is 0.917. The molecule has 2 rings (SSSR count). The topological polar surface area (TPSA) is 41.1 Å². The predicted molar refractivity (Wildman–Crippen MR) is 67.8 cm³/mol. The molecule has 1 heterocycles. The van der Waals surface area contributed by atoms with Gasteiger partial charge in [-0.1, -0.05) is 19.8 Å². The second-order valence-corrected chi connectivity index (χ2v) is 4.90. The van der Waals surface area contributed by atoms with Gasteiger partial charge in [0.05, 0.1) is 6.04 Å². The van der Waals surface area contributed by atoms with Crippen molar-refractivity contribution in [3.63, 3.8) is 0 Å². The molecule has 2 fully saturated rings. The summed E-state index contributed by atoms with van der Waals surface area (Å²) in [4.78, 5) is 11.8. The number of halogens is 1. The summed E-state index contributed by atoms with van der Waals surface area (Å²) in [6, 6.07) is 0.572. The van der Waals surface area contributed by atoms with Crippen molar-refractivity contribution in [2.24, 2.45) is 5.92 Å². The predicted octanol–water partition coefficient (Wildman–Crippen LogP) is 1.86. The first kappa shape index (κ1) is 13.8. The normalized spacial score (nSPS) is 32.7. The molecule has 1 amide bonds. The summed E-state index contributed by atoms with van der Waals surface area (Å²) < 4.78 is 0. The van der Waals surface area contributed by atoms with Gasteiger partial charge in [0.15, 0.2) is 0 Å². The van der Waals surface area contributed by atoms with E-state index in [1.807, 2.05) is 0 Å². The second-order valence-electron chi connectivity index (χ2n) is 4.90. The molecule has 16 heavy (non-hydrogen) atoms. The molecule has 0 aromatic carbocycles. The molecule has 2 aliphatic rings. The zero-order valence-corrected chi connectivity index (χ0v) is 10.8. The summed E-state index contributed by atoms with van der Waals surface area (Å²) in [5, 5.41) is 6.44. The Labute approximate surface area is 104 Å². The van der Waals surface area contributed by atoms with Crippen LogP contribution in [-0.2, 0) is 4.79 Å². The standard InChI is InChI=1S/C12H22N2O.ClH/c1-2-5-9-8-11(9)14-12(15)10-6-3-4-7-13-10;/h9-11,13H,2-8H2,1H3,(H,14,15);1H/t9?,10-,11?;/m0./s1. The molecule has 0 spiro atoms. The smallest absolute Gasteiger partial charge is 0.237 e. The molecule has 0 bridgehead atoms. The van der Waals surface area contributed by atoms with Gasteiger partial charge in [0.2, 0.25) is 5.91 Å². The Balaban J connectivity index is 0.00000128. The molecular formula is C12H23ClN2O. The van der Waals surface area contributed by atoms with Crippen molar-refractivity contribution in [3.05, 3.63) is 0 Å². The number of carbonyl (C=O) groups excluding carboxylic acids is 1. The molecule has 1 saturated heterocycles. The van der Waals surface area contributed by atoms with Crippen molar-refractivity contribution < 1.29 is 4.79 Å². The Morgan fingerprint density at radius 1 is 1.44 bits per heavy atom. The van der Waals surface area contributed by atoms with Crippen LogP contribution in [0.1, 0.15) is 45.4 Å². The third-order valence-electron chi connectivity index (χ3n) is 3.54. The third kappa shape index (κ3) is 3.63. The van der Waals surface area contributed by atoms with Crippen molar-refractivity contribution >= 4 is 18.3 Å². The van der Waals surface area contributed by atoms with Crippen LogP contribution >= 0.6 is 12.4 Å². The molecule has 3 nitrogen and oxygen atoms in total. The molecule has 1 aliphatic carbocycles. The van der Waals surface area contributed by atoms with Crippen LogP contribution in [-0.4, -0.2) is 24.5 Å². The van der Waals surface area contributed by atoms with E-state index in [0.29, 0.717) is 6.04 Å². The number of rotatable bonds is 4. The molecule has 2 unspecified atom stereocenters. The van der Waals surface area contributed by atoms with Crippen LogP contribution in [0.15, 0.2) is 0 Å². The highest BCUT2D eigenvalue weighted by atomic mass is 35.5. The van der Waals surface area contributed by atoms with Crippen LogP contribution in [0.3, 0.4) is 0 Å². The van der Waals surface area contributed by atoms with E-state index in [2.05, 4.69) is 17.6 Å². The monoisotopic (exact) mass is 246 g/mol. The van der Waals surface area contributed by atoms with Crippen LogP contribution in [0, 0.1) is 5.92 Å². The number of amides is 1. The maximum atomic E-state index is 11.8. The lowest BCUT2D eigenvalue weighted by Gasteiger charge is -2.22. The van der Waals surface area contributed by atoms with Crippen molar-refractivity contribution in [2.75, 3.05) is 6.54 Å². The highest BCUT2D eigenvalue weighted by molar-refractivity contribution is 5.85. The number of piperidine rings is 1. The van der Waals surface area contributed by atoms with Gasteiger partial charge in [-0.25, -0.2) is 0 Å². The molecular weight excluding hydrogens is 224 g/mol. The summed E-state index contributed by atoms with van der Waals surface area (Å²) in [5.41, 5.74) is 0. The second kappa shape index (κ2) is 6.45. The Hall–Kier alpha value is -0.280. The van der Waals surface area contributed by atoms with E-state index < -0.39 is 0 Å². The van der Waals surface area contributed by atoms with E-state index >= 15 is 0 Å². The molecule has 1 saturated carbocycles. The maximum Gasteiger partial charge on any atom is 0.237 e. The number of nitrogens with one attached hydrogen (secondary N) is 2. The Morgan fingerprint density at radius 2 is 2.25 bits per heavy atom. The van der Waals surface area contributed by atoms with Gasteiger partial charge in [-0.3, -0.25) is 4.79 Å². The molecule has 0 aromatic heterocycles. The lowest BCUT2D eigenvalue weighted by atomic mass is 10.0. The van der Waals surface area contributed by atoms with E-state index in [1.54, 1.807) is 0 Å². The largest absolute Gasteiger partial charge is 0.352 e. The summed E-state index contributed by atoms with van der Waals surface area (Å²) in [7, 11) is 0. The van der Waals surface area contributed by atoms with Gasteiger partial charge in [0.1, 0.15) is 0 Å². The fourth-order valence-electron chi connectivity index (χ4n) is 2.47. The molecule has 4 heteroatoms. The minimum absolute atomic E-state index is 0. The Kier molecular flexibility index (Phi) is 5.56. The molecule has 1 aliphatic heterocycles. The van der Waals surface area contributed by atoms with Crippen LogP contribution in [0.25, 0.3) is 0 Å². The average molecular weight is 247 g/mol. The van der Waals surface area contributed by atoms with E-state index in [-0.39, 0.29) is 24.4 Å². The van der Waals surface area contributed by atoms with Gasteiger partial charge in [-0.15, -0.1) is 12.4 Å². The third-order valence-corrected chi connectivity index (χ3v) is 3.54. The first-order valence-electron chi connectivity index (χ1n) is 6.35. The highest BCUT2D eigenvalue weighted by Gasteiger charge is 2.38. The lowest BCUT2D eigenvalue weighted by molar-refractivity contribution is -0.123. The average Bonchev–Trinajstić information content (AvgIpc) is 2.98.